The van der Waals surface area contributed by atoms with E-state index in [9.17, 15) is 19.8 Å². The molecule has 20 heavy (non-hydrogen) atoms. The SMILES string of the molecule is Cl.NCc1cn(C2OC(CO)C(O)C2O)c(=O)[nH]c1=O. The lowest BCUT2D eigenvalue weighted by atomic mass is 10.1. The number of nitrogens with one attached hydrogen (secondary N) is 1. The molecule has 0 aliphatic carbocycles. The number of hydrogen-bond acceptors (Lipinski definition) is 7. The second kappa shape index (κ2) is 6.48. The predicted octanol–water partition coefficient (Wildman–Crippen LogP) is -2.97. The Labute approximate surface area is 119 Å². The molecular formula is C10H16ClN3O6. The summed E-state index contributed by atoms with van der Waals surface area (Å²) in [6.07, 6.45) is -3.75. The van der Waals surface area contributed by atoms with E-state index in [0.717, 1.165) is 4.57 Å². The summed E-state index contributed by atoms with van der Waals surface area (Å²) in [5, 5.41) is 28.4. The number of halogens is 1. The van der Waals surface area contributed by atoms with E-state index in [2.05, 4.69) is 0 Å². The molecule has 4 atom stereocenters. The van der Waals surface area contributed by atoms with Crippen LogP contribution >= 0.6 is 12.4 Å². The van der Waals surface area contributed by atoms with E-state index in [-0.39, 0.29) is 24.5 Å². The minimum absolute atomic E-state index is 0. The molecule has 0 bridgehead atoms. The van der Waals surface area contributed by atoms with Gasteiger partial charge in [0, 0.05) is 18.3 Å². The van der Waals surface area contributed by atoms with Crippen molar-refractivity contribution < 1.29 is 20.1 Å². The molecule has 1 saturated heterocycles. The van der Waals surface area contributed by atoms with Crippen LogP contribution < -0.4 is 17.0 Å². The molecule has 2 heterocycles. The quantitative estimate of drug-likeness (QED) is 0.400. The summed E-state index contributed by atoms with van der Waals surface area (Å²) in [4.78, 5) is 25.1. The molecule has 114 valence electrons. The molecule has 1 aliphatic heterocycles. The van der Waals surface area contributed by atoms with Gasteiger partial charge in [0.25, 0.3) is 5.56 Å². The monoisotopic (exact) mass is 309 g/mol. The molecule has 0 amide bonds. The normalized spacial score (nSPS) is 29.2. The number of hydrogen-bond donors (Lipinski definition) is 5. The van der Waals surface area contributed by atoms with E-state index in [4.69, 9.17) is 15.6 Å². The first-order chi connectivity index (χ1) is 8.99. The Kier molecular flexibility index (Phi) is 5.45. The zero-order chi connectivity index (χ0) is 14.2. The highest BCUT2D eigenvalue weighted by Crippen LogP contribution is 2.27. The smallest absolute Gasteiger partial charge is 0.330 e. The van der Waals surface area contributed by atoms with Crippen molar-refractivity contribution in [2.24, 2.45) is 5.73 Å². The van der Waals surface area contributed by atoms with Crippen LogP contribution in [0.1, 0.15) is 11.8 Å². The molecule has 1 aliphatic rings. The number of aromatic amines is 1. The van der Waals surface area contributed by atoms with Crippen LogP contribution in [0.25, 0.3) is 0 Å². The summed E-state index contributed by atoms with van der Waals surface area (Å²) >= 11 is 0. The lowest BCUT2D eigenvalue weighted by Crippen LogP contribution is -2.39. The molecule has 2 rings (SSSR count). The van der Waals surface area contributed by atoms with Crippen LogP contribution in [0.5, 0.6) is 0 Å². The van der Waals surface area contributed by atoms with Crippen molar-refractivity contribution >= 4 is 12.4 Å². The molecule has 0 spiro atoms. The second-order valence-corrected chi connectivity index (χ2v) is 4.25. The third-order valence-corrected chi connectivity index (χ3v) is 3.05. The second-order valence-electron chi connectivity index (χ2n) is 4.25. The standard InChI is InChI=1S/C10H15N3O6.ClH/c11-1-4-2-13(10(18)12-8(4)17)9-7(16)6(15)5(3-14)19-9;/h2,5-7,9,14-16H,1,3,11H2,(H,12,17,18);1H. The molecule has 4 unspecified atom stereocenters. The van der Waals surface area contributed by atoms with Gasteiger partial charge in [-0.05, 0) is 0 Å². The number of aliphatic hydroxyl groups excluding tert-OH is 3. The molecule has 0 radical (unpaired) electrons. The zero-order valence-corrected chi connectivity index (χ0v) is 11.1. The minimum Gasteiger partial charge on any atom is -0.394 e. The van der Waals surface area contributed by atoms with Crippen molar-refractivity contribution in [3.8, 4) is 0 Å². The number of aromatic nitrogens is 2. The molecule has 1 aromatic heterocycles. The summed E-state index contributed by atoms with van der Waals surface area (Å²) < 4.78 is 6.13. The van der Waals surface area contributed by atoms with Gasteiger partial charge in [-0.1, -0.05) is 0 Å². The Balaban J connectivity index is 0.00000200. The first kappa shape index (κ1) is 16.8. The van der Waals surface area contributed by atoms with Crippen LogP contribution in [0.4, 0.5) is 0 Å². The van der Waals surface area contributed by atoms with Crippen molar-refractivity contribution in [3.63, 3.8) is 0 Å². The average Bonchev–Trinajstić information content (AvgIpc) is 2.67. The van der Waals surface area contributed by atoms with E-state index in [1.807, 2.05) is 4.98 Å². The Morgan fingerprint density at radius 3 is 2.50 bits per heavy atom. The molecule has 0 aromatic carbocycles. The van der Waals surface area contributed by atoms with Gasteiger partial charge in [-0.25, -0.2) is 4.79 Å². The largest absolute Gasteiger partial charge is 0.394 e. The Bertz CT molecular complexity index is 573. The lowest BCUT2D eigenvalue weighted by molar-refractivity contribution is -0.0551. The molecule has 1 aromatic rings. The van der Waals surface area contributed by atoms with E-state index in [0.29, 0.717) is 0 Å². The zero-order valence-electron chi connectivity index (χ0n) is 10.3. The van der Waals surface area contributed by atoms with Crippen LogP contribution in [0.2, 0.25) is 0 Å². The van der Waals surface area contributed by atoms with Gasteiger partial charge in [0.2, 0.25) is 0 Å². The number of rotatable bonds is 3. The number of ether oxygens (including phenoxy) is 1. The number of H-pyrrole nitrogens is 1. The van der Waals surface area contributed by atoms with Gasteiger partial charge in [-0.2, -0.15) is 0 Å². The summed E-state index contributed by atoms with van der Waals surface area (Å²) in [5.41, 5.74) is 4.08. The maximum atomic E-state index is 11.7. The summed E-state index contributed by atoms with van der Waals surface area (Å²) in [7, 11) is 0. The molecule has 10 heteroatoms. The van der Waals surface area contributed by atoms with Crippen LogP contribution in [0.3, 0.4) is 0 Å². The molecular weight excluding hydrogens is 294 g/mol. The predicted molar refractivity (Wildman–Crippen MR) is 69.5 cm³/mol. The number of aliphatic hydroxyl groups is 3. The van der Waals surface area contributed by atoms with E-state index >= 15 is 0 Å². The first-order valence-electron chi connectivity index (χ1n) is 5.66. The Morgan fingerprint density at radius 1 is 1.35 bits per heavy atom. The van der Waals surface area contributed by atoms with Crippen LogP contribution in [0.15, 0.2) is 15.8 Å². The highest BCUT2D eigenvalue weighted by atomic mass is 35.5. The fourth-order valence-corrected chi connectivity index (χ4v) is 1.97. The Hall–Kier alpha value is -1.23. The van der Waals surface area contributed by atoms with Crippen molar-refractivity contribution in [3.05, 3.63) is 32.6 Å². The summed E-state index contributed by atoms with van der Waals surface area (Å²) in [6, 6.07) is 0. The van der Waals surface area contributed by atoms with Gasteiger partial charge >= 0.3 is 5.69 Å². The topological polar surface area (TPSA) is 151 Å². The molecule has 0 saturated carbocycles. The number of nitrogens with two attached hydrogens (primary N) is 1. The van der Waals surface area contributed by atoms with E-state index in [1.54, 1.807) is 0 Å². The minimum atomic E-state index is -1.40. The molecule has 9 nitrogen and oxygen atoms in total. The van der Waals surface area contributed by atoms with E-state index < -0.39 is 42.4 Å². The van der Waals surface area contributed by atoms with Crippen LogP contribution in [0, 0.1) is 0 Å². The Morgan fingerprint density at radius 2 is 2.00 bits per heavy atom. The maximum Gasteiger partial charge on any atom is 0.330 e. The summed E-state index contributed by atoms with van der Waals surface area (Å²) in [6.45, 7) is -0.596. The third-order valence-electron chi connectivity index (χ3n) is 3.05. The molecule has 1 fully saturated rings. The van der Waals surface area contributed by atoms with Gasteiger partial charge in [-0.15, -0.1) is 12.4 Å². The van der Waals surface area contributed by atoms with Gasteiger partial charge in [0.05, 0.1) is 6.61 Å². The third kappa shape index (κ3) is 2.77. The highest BCUT2D eigenvalue weighted by Gasteiger charge is 2.43. The first-order valence-corrected chi connectivity index (χ1v) is 5.66. The lowest BCUT2D eigenvalue weighted by Gasteiger charge is -2.17. The van der Waals surface area contributed by atoms with E-state index in [1.165, 1.54) is 6.20 Å². The van der Waals surface area contributed by atoms with Crippen molar-refractivity contribution in [2.75, 3.05) is 6.61 Å². The van der Waals surface area contributed by atoms with Crippen molar-refractivity contribution in [2.45, 2.75) is 31.1 Å². The summed E-state index contributed by atoms with van der Waals surface area (Å²) in [5.74, 6) is 0. The van der Waals surface area contributed by atoms with Crippen molar-refractivity contribution in [1.82, 2.24) is 9.55 Å². The van der Waals surface area contributed by atoms with Gasteiger partial charge in [0.1, 0.15) is 18.3 Å². The average molecular weight is 310 g/mol. The fourth-order valence-electron chi connectivity index (χ4n) is 1.97. The van der Waals surface area contributed by atoms with Gasteiger partial charge in [-0.3, -0.25) is 14.3 Å². The fraction of sp³-hybridized carbons (Fsp3) is 0.600. The van der Waals surface area contributed by atoms with Crippen LogP contribution in [-0.2, 0) is 11.3 Å². The highest BCUT2D eigenvalue weighted by molar-refractivity contribution is 5.85. The number of nitrogens with zero attached hydrogens (tertiary/aromatic N) is 1. The van der Waals surface area contributed by atoms with Crippen molar-refractivity contribution in [1.29, 1.82) is 0 Å². The van der Waals surface area contributed by atoms with Gasteiger partial charge in [0.15, 0.2) is 6.23 Å². The molecule has 6 N–H and O–H groups in total. The van der Waals surface area contributed by atoms with Crippen LogP contribution in [-0.4, -0.2) is 49.8 Å². The van der Waals surface area contributed by atoms with Gasteiger partial charge < -0.3 is 25.8 Å². The maximum absolute atomic E-state index is 11.7.